The fraction of sp³-hybridized carbons (Fsp3) is 0.409. The molecule has 126 valence electrons. The fourth-order valence-corrected chi connectivity index (χ4v) is 3.53. The van der Waals surface area contributed by atoms with Gasteiger partial charge in [-0.05, 0) is 67.3 Å². The van der Waals surface area contributed by atoms with E-state index in [9.17, 15) is 4.79 Å². The Labute approximate surface area is 145 Å². The molecule has 0 saturated heterocycles. The molecular weight excluding hydrogens is 294 g/mol. The molecule has 0 heterocycles. The minimum Gasteiger partial charge on any atom is -0.343 e. The first kappa shape index (κ1) is 16.8. The highest BCUT2D eigenvalue weighted by Crippen LogP contribution is 2.20. The molecule has 2 aromatic carbocycles. The molecule has 6 rings (SSSR count). The average Bonchev–Trinajstić information content (AvgIpc) is 2.59. The quantitative estimate of drug-likeness (QED) is 0.834. The van der Waals surface area contributed by atoms with E-state index < -0.39 is 0 Å². The minimum absolute atomic E-state index is 0.244. The van der Waals surface area contributed by atoms with Crippen molar-refractivity contribution in [1.82, 2.24) is 4.90 Å². The third-order valence-electron chi connectivity index (χ3n) is 5.14. The van der Waals surface area contributed by atoms with Crippen molar-refractivity contribution < 1.29 is 4.79 Å². The van der Waals surface area contributed by atoms with Crippen molar-refractivity contribution in [3.05, 3.63) is 70.3 Å². The number of nitrogens with zero attached hydrogens (tertiary/aromatic N) is 1. The molecule has 4 aliphatic carbocycles. The molecule has 0 radical (unpaired) electrons. The van der Waals surface area contributed by atoms with Crippen LogP contribution in [-0.4, -0.2) is 23.9 Å². The molecule has 2 aromatic rings. The van der Waals surface area contributed by atoms with E-state index in [2.05, 4.69) is 42.5 Å². The topological polar surface area (TPSA) is 20.3 Å². The van der Waals surface area contributed by atoms with Crippen LogP contribution in [0.5, 0.6) is 0 Å². The monoisotopic (exact) mass is 321 g/mol. The number of benzene rings is 2. The standard InChI is InChI=1S/C22H27NO/c1-3-23(4-2)22(24)16-21-15-19-10-9-17-5-7-18(8-6-17)11-13-20(21)14-12-19/h5-8,12,14-15H,3-4,9-11,13,16H2,1-2H3. The Balaban J connectivity index is 1.87. The first-order valence-corrected chi connectivity index (χ1v) is 9.16. The lowest BCUT2D eigenvalue weighted by molar-refractivity contribution is -0.130. The van der Waals surface area contributed by atoms with E-state index in [1.54, 1.807) is 0 Å². The summed E-state index contributed by atoms with van der Waals surface area (Å²) in [7, 11) is 0. The number of carbonyl (C=O) groups is 1. The second-order valence-corrected chi connectivity index (χ2v) is 6.66. The van der Waals surface area contributed by atoms with Gasteiger partial charge in [-0.15, -0.1) is 0 Å². The van der Waals surface area contributed by atoms with Gasteiger partial charge in [-0.1, -0.05) is 42.5 Å². The summed E-state index contributed by atoms with van der Waals surface area (Å²) < 4.78 is 0. The van der Waals surface area contributed by atoms with Gasteiger partial charge in [0, 0.05) is 13.1 Å². The summed E-state index contributed by atoms with van der Waals surface area (Å²) in [5.41, 5.74) is 6.66. The maximum Gasteiger partial charge on any atom is 0.226 e. The Bertz CT molecular complexity index is 698. The zero-order chi connectivity index (χ0) is 16.9. The van der Waals surface area contributed by atoms with Crippen LogP contribution >= 0.6 is 0 Å². The summed E-state index contributed by atoms with van der Waals surface area (Å²) in [5.74, 6) is 0.244. The smallest absolute Gasteiger partial charge is 0.226 e. The maximum absolute atomic E-state index is 12.6. The summed E-state index contributed by atoms with van der Waals surface area (Å²) in [6.07, 6.45) is 4.66. The normalized spacial score (nSPS) is 13.4. The van der Waals surface area contributed by atoms with E-state index in [4.69, 9.17) is 0 Å². The summed E-state index contributed by atoms with van der Waals surface area (Å²) in [6.45, 7) is 5.67. The van der Waals surface area contributed by atoms with Gasteiger partial charge in [-0.2, -0.15) is 0 Å². The van der Waals surface area contributed by atoms with E-state index in [-0.39, 0.29) is 5.91 Å². The Morgan fingerprint density at radius 1 is 0.833 bits per heavy atom. The molecule has 0 spiro atoms. The summed E-state index contributed by atoms with van der Waals surface area (Å²) in [6, 6.07) is 15.8. The molecule has 4 aliphatic rings. The number of carbonyl (C=O) groups excluding carboxylic acids is 1. The maximum atomic E-state index is 12.6. The van der Waals surface area contributed by atoms with Crippen LogP contribution in [0.1, 0.15) is 41.7 Å². The van der Waals surface area contributed by atoms with Gasteiger partial charge in [0.1, 0.15) is 0 Å². The summed E-state index contributed by atoms with van der Waals surface area (Å²) >= 11 is 0. The van der Waals surface area contributed by atoms with E-state index in [0.717, 1.165) is 38.8 Å². The molecule has 2 nitrogen and oxygen atoms in total. The molecule has 0 unspecified atom stereocenters. The molecule has 0 aliphatic heterocycles. The Morgan fingerprint density at radius 3 is 2.00 bits per heavy atom. The largest absolute Gasteiger partial charge is 0.343 e. The van der Waals surface area contributed by atoms with Gasteiger partial charge in [0.05, 0.1) is 6.42 Å². The zero-order valence-electron chi connectivity index (χ0n) is 14.8. The molecule has 24 heavy (non-hydrogen) atoms. The highest BCUT2D eigenvalue weighted by atomic mass is 16.2. The molecule has 4 bridgehead atoms. The lowest BCUT2D eigenvalue weighted by atomic mass is 9.92. The highest BCUT2D eigenvalue weighted by molar-refractivity contribution is 5.79. The number of hydrogen-bond donors (Lipinski definition) is 0. The van der Waals surface area contributed by atoms with Gasteiger partial charge in [-0.3, -0.25) is 4.79 Å². The van der Waals surface area contributed by atoms with Crippen LogP contribution in [-0.2, 0) is 36.9 Å². The SMILES string of the molecule is CCN(CC)C(=O)Cc1cc2ccc1CCc1ccc(cc1)CC2. The van der Waals surface area contributed by atoms with E-state index in [1.807, 2.05) is 18.7 Å². The van der Waals surface area contributed by atoms with Crippen molar-refractivity contribution in [3.63, 3.8) is 0 Å². The van der Waals surface area contributed by atoms with Crippen molar-refractivity contribution in [2.75, 3.05) is 13.1 Å². The zero-order valence-corrected chi connectivity index (χ0v) is 14.8. The predicted octanol–water partition coefficient (Wildman–Crippen LogP) is 3.98. The van der Waals surface area contributed by atoms with Crippen LogP contribution < -0.4 is 0 Å². The van der Waals surface area contributed by atoms with Gasteiger partial charge in [-0.25, -0.2) is 0 Å². The number of hydrogen-bond acceptors (Lipinski definition) is 1. The predicted molar refractivity (Wildman–Crippen MR) is 99.3 cm³/mol. The van der Waals surface area contributed by atoms with Crippen LogP contribution in [0.4, 0.5) is 0 Å². The molecular formula is C22H27NO. The first-order valence-electron chi connectivity index (χ1n) is 9.16. The van der Waals surface area contributed by atoms with Crippen molar-refractivity contribution in [3.8, 4) is 0 Å². The van der Waals surface area contributed by atoms with Crippen LogP contribution in [0.15, 0.2) is 42.5 Å². The van der Waals surface area contributed by atoms with Crippen molar-refractivity contribution in [1.29, 1.82) is 0 Å². The Hall–Kier alpha value is -2.09. The third-order valence-corrected chi connectivity index (χ3v) is 5.14. The summed E-state index contributed by atoms with van der Waals surface area (Å²) in [5, 5.41) is 0. The Kier molecular flexibility index (Phi) is 5.34. The minimum atomic E-state index is 0.244. The number of aryl methyl sites for hydroxylation is 4. The molecule has 0 fully saturated rings. The van der Waals surface area contributed by atoms with E-state index in [0.29, 0.717) is 6.42 Å². The van der Waals surface area contributed by atoms with Gasteiger partial charge in [0.25, 0.3) is 0 Å². The molecule has 0 aromatic heterocycles. The molecule has 1 amide bonds. The van der Waals surface area contributed by atoms with Crippen molar-refractivity contribution in [2.45, 2.75) is 46.0 Å². The number of likely N-dealkylation sites (N-methyl/N-ethyl adjacent to an activating group) is 1. The van der Waals surface area contributed by atoms with E-state index in [1.165, 1.54) is 27.8 Å². The Morgan fingerprint density at radius 2 is 1.38 bits per heavy atom. The number of amides is 1. The molecule has 2 heteroatoms. The van der Waals surface area contributed by atoms with E-state index >= 15 is 0 Å². The molecule has 0 N–H and O–H groups in total. The fourth-order valence-electron chi connectivity index (χ4n) is 3.53. The highest BCUT2D eigenvalue weighted by Gasteiger charge is 2.14. The van der Waals surface area contributed by atoms with Crippen LogP contribution in [0.3, 0.4) is 0 Å². The second-order valence-electron chi connectivity index (χ2n) is 6.66. The van der Waals surface area contributed by atoms with Gasteiger partial charge in [0.2, 0.25) is 5.91 Å². The lowest BCUT2D eigenvalue weighted by Gasteiger charge is -2.20. The van der Waals surface area contributed by atoms with Gasteiger partial charge >= 0.3 is 0 Å². The average molecular weight is 321 g/mol. The van der Waals surface area contributed by atoms with Crippen molar-refractivity contribution >= 4 is 5.91 Å². The lowest BCUT2D eigenvalue weighted by Crippen LogP contribution is -2.32. The molecule has 0 saturated carbocycles. The first-order chi connectivity index (χ1) is 11.7. The third kappa shape index (κ3) is 3.87. The second kappa shape index (κ2) is 7.65. The molecule has 0 atom stereocenters. The van der Waals surface area contributed by atoms with Crippen LogP contribution in [0.2, 0.25) is 0 Å². The van der Waals surface area contributed by atoms with Crippen molar-refractivity contribution in [2.24, 2.45) is 0 Å². The number of rotatable bonds is 4. The van der Waals surface area contributed by atoms with Gasteiger partial charge < -0.3 is 4.90 Å². The summed E-state index contributed by atoms with van der Waals surface area (Å²) in [4.78, 5) is 14.5. The van der Waals surface area contributed by atoms with Crippen LogP contribution in [0.25, 0.3) is 0 Å². The van der Waals surface area contributed by atoms with Crippen LogP contribution in [0, 0.1) is 0 Å². The van der Waals surface area contributed by atoms with Gasteiger partial charge in [0.15, 0.2) is 0 Å².